The highest BCUT2D eigenvalue weighted by atomic mass is 35.5. The number of rotatable bonds is 3. The zero-order valence-electron chi connectivity index (χ0n) is 9.34. The van der Waals surface area contributed by atoms with Gasteiger partial charge in [0.05, 0.1) is 5.56 Å². The molecule has 1 amide bonds. The summed E-state index contributed by atoms with van der Waals surface area (Å²) in [5.74, 6) is -0.560. The van der Waals surface area contributed by atoms with Gasteiger partial charge in [-0.2, -0.15) is 13.2 Å². The Bertz CT molecular complexity index is 511. The first-order valence-corrected chi connectivity index (χ1v) is 5.37. The van der Waals surface area contributed by atoms with Crippen molar-refractivity contribution in [3.8, 4) is 0 Å². The van der Waals surface area contributed by atoms with Gasteiger partial charge in [-0.1, -0.05) is 11.6 Å². The van der Waals surface area contributed by atoms with Crippen molar-refractivity contribution in [3.63, 3.8) is 0 Å². The third kappa shape index (κ3) is 3.49. The molecule has 1 heterocycles. The summed E-state index contributed by atoms with van der Waals surface area (Å²) in [6.07, 6.45) is -4.05. The van der Waals surface area contributed by atoms with E-state index in [4.69, 9.17) is 11.6 Å². The van der Waals surface area contributed by atoms with Crippen LogP contribution in [0.3, 0.4) is 0 Å². The monoisotopic (exact) mass is 282 g/mol. The summed E-state index contributed by atoms with van der Waals surface area (Å²) >= 11 is 5.42. The Morgan fingerprint density at radius 3 is 2.61 bits per heavy atom. The van der Waals surface area contributed by atoms with E-state index in [1.807, 2.05) is 0 Å². The molecule has 1 N–H and O–H groups in total. The van der Waals surface area contributed by atoms with Crippen LogP contribution in [0.1, 0.15) is 12.5 Å². The highest BCUT2D eigenvalue weighted by Crippen LogP contribution is 2.29. The van der Waals surface area contributed by atoms with Gasteiger partial charge in [0.25, 0.3) is 5.56 Å². The van der Waals surface area contributed by atoms with Crippen LogP contribution in [0.4, 0.5) is 13.2 Å². The SMILES string of the molecule is CCNC(=O)Cn1cc(C(F)(F)F)cc(Cl)c1=O. The standard InChI is InChI=1S/C10H10ClF3N2O2/c1-2-15-8(17)5-16-4-6(10(12,13)14)3-7(11)9(16)18/h3-4H,2,5H2,1H3,(H,15,17). The summed E-state index contributed by atoms with van der Waals surface area (Å²) < 4.78 is 38.1. The molecule has 0 radical (unpaired) electrons. The number of nitrogens with zero attached hydrogens (tertiary/aromatic N) is 1. The predicted octanol–water partition coefficient (Wildman–Crippen LogP) is 1.66. The lowest BCUT2D eigenvalue weighted by molar-refractivity contribution is -0.138. The molecule has 1 rings (SSSR count). The maximum atomic E-state index is 12.5. The normalized spacial score (nSPS) is 11.4. The van der Waals surface area contributed by atoms with Gasteiger partial charge < -0.3 is 9.88 Å². The number of alkyl halides is 3. The molecule has 0 aliphatic carbocycles. The molecule has 0 saturated carbocycles. The fourth-order valence-corrected chi connectivity index (χ4v) is 1.51. The quantitative estimate of drug-likeness (QED) is 0.916. The number of hydrogen-bond donors (Lipinski definition) is 1. The van der Waals surface area contributed by atoms with E-state index in [9.17, 15) is 22.8 Å². The summed E-state index contributed by atoms with van der Waals surface area (Å²) in [5, 5.41) is 1.80. The van der Waals surface area contributed by atoms with Crippen molar-refractivity contribution in [2.75, 3.05) is 6.54 Å². The fourth-order valence-electron chi connectivity index (χ4n) is 1.28. The topological polar surface area (TPSA) is 51.1 Å². The molecule has 0 spiro atoms. The number of carbonyl (C=O) groups is 1. The van der Waals surface area contributed by atoms with Gasteiger partial charge >= 0.3 is 6.18 Å². The van der Waals surface area contributed by atoms with E-state index < -0.39 is 34.8 Å². The van der Waals surface area contributed by atoms with Crippen molar-refractivity contribution in [3.05, 3.63) is 33.2 Å². The Kier molecular flexibility index (Phi) is 4.39. The largest absolute Gasteiger partial charge is 0.417 e. The average molecular weight is 283 g/mol. The summed E-state index contributed by atoms with van der Waals surface area (Å²) in [7, 11) is 0. The lowest BCUT2D eigenvalue weighted by Crippen LogP contribution is -2.32. The molecule has 0 aliphatic heterocycles. The van der Waals surface area contributed by atoms with E-state index in [2.05, 4.69) is 5.32 Å². The number of amides is 1. The van der Waals surface area contributed by atoms with Crippen molar-refractivity contribution < 1.29 is 18.0 Å². The Morgan fingerprint density at radius 1 is 1.50 bits per heavy atom. The number of likely N-dealkylation sites (N-methyl/N-ethyl adjacent to an activating group) is 1. The van der Waals surface area contributed by atoms with Gasteiger partial charge in [0.2, 0.25) is 5.91 Å². The highest BCUT2D eigenvalue weighted by Gasteiger charge is 2.32. The van der Waals surface area contributed by atoms with E-state index in [1.54, 1.807) is 6.92 Å². The van der Waals surface area contributed by atoms with Crippen LogP contribution in [0.15, 0.2) is 17.1 Å². The number of pyridine rings is 1. The third-order valence-corrected chi connectivity index (χ3v) is 2.33. The van der Waals surface area contributed by atoms with Crippen LogP contribution in [-0.4, -0.2) is 17.0 Å². The van der Waals surface area contributed by atoms with Gasteiger partial charge in [-0.25, -0.2) is 0 Å². The molecule has 0 unspecified atom stereocenters. The number of nitrogens with one attached hydrogen (secondary N) is 1. The van der Waals surface area contributed by atoms with Gasteiger partial charge in [-0.3, -0.25) is 9.59 Å². The van der Waals surface area contributed by atoms with Crippen molar-refractivity contribution >= 4 is 17.5 Å². The zero-order valence-corrected chi connectivity index (χ0v) is 10.1. The van der Waals surface area contributed by atoms with Crippen molar-refractivity contribution in [2.45, 2.75) is 19.6 Å². The Labute approximate surface area is 105 Å². The minimum Gasteiger partial charge on any atom is -0.355 e. The predicted molar refractivity (Wildman–Crippen MR) is 59.4 cm³/mol. The molecule has 1 aromatic rings. The summed E-state index contributed by atoms with van der Waals surface area (Å²) in [6, 6.07) is 0.540. The lowest BCUT2D eigenvalue weighted by atomic mass is 10.2. The number of hydrogen-bond acceptors (Lipinski definition) is 2. The van der Waals surface area contributed by atoms with E-state index in [0.29, 0.717) is 23.4 Å². The van der Waals surface area contributed by atoms with Crippen LogP contribution >= 0.6 is 11.6 Å². The number of aromatic nitrogens is 1. The molecule has 4 nitrogen and oxygen atoms in total. The van der Waals surface area contributed by atoms with Gasteiger partial charge in [-0.15, -0.1) is 0 Å². The molecule has 1 aromatic heterocycles. The smallest absolute Gasteiger partial charge is 0.355 e. The minimum atomic E-state index is -4.62. The second kappa shape index (κ2) is 5.43. The molecule has 8 heteroatoms. The molecular weight excluding hydrogens is 273 g/mol. The summed E-state index contributed by atoms with van der Waals surface area (Å²) in [5.41, 5.74) is -1.91. The molecule has 0 bridgehead atoms. The lowest BCUT2D eigenvalue weighted by Gasteiger charge is -2.11. The van der Waals surface area contributed by atoms with Crippen molar-refractivity contribution in [2.24, 2.45) is 0 Å². The Balaban J connectivity index is 3.15. The van der Waals surface area contributed by atoms with Crippen molar-refractivity contribution in [1.82, 2.24) is 9.88 Å². The van der Waals surface area contributed by atoms with Crippen LogP contribution in [0.2, 0.25) is 5.02 Å². The first-order valence-electron chi connectivity index (χ1n) is 4.99. The summed E-state index contributed by atoms with van der Waals surface area (Å²) in [4.78, 5) is 22.7. The first-order chi connectivity index (χ1) is 8.25. The first kappa shape index (κ1) is 14.6. The Hall–Kier alpha value is -1.50. The number of carbonyl (C=O) groups excluding carboxylic acids is 1. The second-order valence-electron chi connectivity index (χ2n) is 3.46. The average Bonchev–Trinajstić information content (AvgIpc) is 2.23. The van der Waals surface area contributed by atoms with Crippen molar-refractivity contribution in [1.29, 1.82) is 0 Å². The zero-order chi connectivity index (χ0) is 13.9. The maximum Gasteiger partial charge on any atom is 0.417 e. The molecule has 0 fully saturated rings. The number of halogens is 4. The van der Waals surface area contributed by atoms with Gasteiger partial charge in [0, 0.05) is 12.7 Å². The van der Waals surface area contributed by atoms with Crippen LogP contribution in [0, 0.1) is 0 Å². The van der Waals surface area contributed by atoms with Gasteiger partial charge in [0.1, 0.15) is 11.6 Å². The highest BCUT2D eigenvalue weighted by molar-refractivity contribution is 6.30. The molecule has 100 valence electrons. The van der Waals surface area contributed by atoms with Crippen LogP contribution in [0.25, 0.3) is 0 Å². The molecule has 18 heavy (non-hydrogen) atoms. The Morgan fingerprint density at radius 2 is 2.11 bits per heavy atom. The molecule has 0 aliphatic rings. The van der Waals surface area contributed by atoms with Crippen LogP contribution in [0.5, 0.6) is 0 Å². The maximum absolute atomic E-state index is 12.5. The third-order valence-electron chi connectivity index (χ3n) is 2.06. The fraction of sp³-hybridized carbons (Fsp3) is 0.400. The summed E-state index contributed by atoms with van der Waals surface area (Å²) in [6.45, 7) is 1.47. The minimum absolute atomic E-state index is 0.320. The van der Waals surface area contributed by atoms with E-state index in [0.717, 1.165) is 0 Å². The molecule has 0 atom stereocenters. The van der Waals surface area contributed by atoms with E-state index in [-0.39, 0.29) is 0 Å². The molecule has 0 saturated heterocycles. The van der Waals surface area contributed by atoms with Crippen LogP contribution < -0.4 is 10.9 Å². The molecule has 0 aromatic carbocycles. The second-order valence-corrected chi connectivity index (χ2v) is 3.87. The van der Waals surface area contributed by atoms with Crippen LogP contribution in [-0.2, 0) is 17.5 Å². The van der Waals surface area contributed by atoms with Gasteiger partial charge in [-0.05, 0) is 13.0 Å². The van der Waals surface area contributed by atoms with Gasteiger partial charge in [0.15, 0.2) is 0 Å². The molecular formula is C10H10ClF3N2O2. The van der Waals surface area contributed by atoms with E-state index in [1.165, 1.54) is 0 Å². The van der Waals surface area contributed by atoms with E-state index >= 15 is 0 Å².